The van der Waals surface area contributed by atoms with Crippen molar-refractivity contribution in [1.82, 2.24) is 29.8 Å². The molecule has 0 aromatic carbocycles. The second-order valence-corrected chi connectivity index (χ2v) is 5.76. The second kappa shape index (κ2) is 4.49. The van der Waals surface area contributed by atoms with Crippen LogP contribution in [0.1, 0.15) is 11.4 Å². The number of aryl methyl sites for hydroxylation is 2. The molecule has 4 rings (SSSR count). The molecular formula is C14H12N6S. The van der Waals surface area contributed by atoms with Crippen molar-refractivity contribution in [3.05, 3.63) is 42.1 Å². The third-order valence-corrected chi connectivity index (χ3v) is 4.54. The van der Waals surface area contributed by atoms with Crippen LogP contribution in [-0.4, -0.2) is 29.8 Å². The standard InChI is InChI=1S/C14H12N6S/c1-8-11(10-5-3-4-6-20(10)19-8)14-17-9(2)12(21-14)13-15-7-16-18-13/h3-7H,1-2H3,(H,15,16,18). The van der Waals surface area contributed by atoms with Gasteiger partial charge in [0.2, 0.25) is 0 Å². The van der Waals surface area contributed by atoms with E-state index in [9.17, 15) is 0 Å². The van der Waals surface area contributed by atoms with E-state index in [-0.39, 0.29) is 0 Å². The van der Waals surface area contributed by atoms with Gasteiger partial charge in [0.1, 0.15) is 11.3 Å². The summed E-state index contributed by atoms with van der Waals surface area (Å²) in [6.45, 7) is 3.99. The van der Waals surface area contributed by atoms with Crippen LogP contribution >= 0.6 is 11.3 Å². The van der Waals surface area contributed by atoms with Crippen molar-refractivity contribution in [3.63, 3.8) is 0 Å². The van der Waals surface area contributed by atoms with E-state index in [0.717, 1.165) is 38.2 Å². The number of nitrogens with one attached hydrogen (secondary N) is 1. The van der Waals surface area contributed by atoms with Crippen LogP contribution in [0.4, 0.5) is 0 Å². The van der Waals surface area contributed by atoms with Gasteiger partial charge in [0, 0.05) is 6.20 Å². The van der Waals surface area contributed by atoms with Gasteiger partial charge in [-0.05, 0) is 26.0 Å². The molecule has 0 aliphatic carbocycles. The molecule has 0 bridgehead atoms. The van der Waals surface area contributed by atoms with Crippen LogP contribution in [0.5, 0.6) is 0 Å². The highest BCUT2D eigenvalue weighted by atomic mass is 32.1. The molecule has 0 saturated carbocycles. The predicted molar refractivity (Wildman–Crippen MR) is 81.2 cm³/mol. The van der Waals surface area contributed by atoms with Crippen molar-refractivity contribution < 1.29 is 0 Å². The Balaban J connectivity index is 1.94. The highest BCUT2D eigenvalue weighted by Crippen LogP contribution is 2.36. The lowest BCUT2D eigenvalue weighted by atomic mass is 10.2. The maximum absolute atomic E-state index is 4.70. The maximum Gasteiger partial charge on any atom is 0.167 e. The fourth-order valence-corrected chi connectivity index (χ4v) is 3.54. The molecule has 0 spiro atoms. The number of thiazole rings is 1. The smallest absolute Gasteiger partial charge is 0.167 e. The van der Waals surface area contributed by atoms with Crippen LogP contribution in [0.15, 0.2) is 30.7 Å². The van der Waals surface area contributed by atoms with Crippen LogP contribution in [0.3, 0.4) is 0 Å². The molecule has 104 valence electrons. The van der Waals surface area contributed by atoms with Gasteiger partial charge in [-0.15, -0.1) is 11.3 Å². The van der Waals surface area contributed by atoms with Gasteiger partial charge in [0.05, 0.1) is 27.3 Å². The molecule has 0 amide bonds. The summed E-state index contributed by atoms with van der Waals surface area (Å²) >= 11 is 1.61. The normalized spacial score (nSPS) is 11.3. The van der Waals surface area contributed by atoms with Gasteiger partial charge in [-0.25, -0.2) is 14.5 Å². The van der Waals surface area contributed by atoms with E-state index in [1.54, 1.807) is 11.3 Å². The molecule has 0 fully saturated rings. The third-order valence-electron chi connectivity index (χ3n) is 3.36. The van der Waals surface area contributed by atoms with Crippen molar-refractivity contribution in [1.29, 1.82) is 0 Å². The Labute approximate surface area is 124 Å². The van der Waals surface area contributed by atoms with E-state index in [2.05, 4.69) is 26.3 Å². The number of hydrogen-bond donors (Lipinski definition) is 1. The SMILES string of the molecule is Cc1nc(-c2c(C)nn3ccccc23)sc1-c1ncn[nH]1. The van der Waals surface area contributed by atoms with Gasteiger partial charge in [-0.2, -0.15) is 10.2 Å². The van der Waals surface area contributed by atoms with Gasteiger partial charge in [0.15, 0.2) is 5.82 Å². The fraction of sp³-hybridized carbons (Fsp3) is 0.143. The van der Waals surface area contributed by atoms with Crippen LogP contribution < -0.4 is 0 Å². The molecule has 7 heteroatoms. The lowest BCUT2D eigenvalue weighted by Crippen LogP contribution is -1.83. The van der Waals surface area contributed by atoms with Gasteiger partial charge in [-0.1, -0.05) is 6.07 Å². The minimum atomic E-state index is 0.755. The molecular weight excluding hydrogens is 284 g/mol. The zero-order valence-corrected chi connectivity index (χ0v) is 12.3. The average molecular weight is 296 g/mol. The van der Waals surface area contributed by atoms with E-state index in [4.69, 9.17) is 4.98 Å². The zero-order valence-electron chi connectivity index (χ0n) is 11.5. The Kier molecular flexibility index (Phi) is 2.61. The minimum absolute atomic E-state index is 0.755. The monoisotopic (exact) mass is 296 g/mol. The van der Waals surface area contributed by atoms with Crippen LogP contribution in [-0.2, 0) is 0 Å². The Morgan fingerprint density at radius 1 is 1.19 bits per heavy atom. The first kappa shape index (κ1) is 12.2. The molecule has 0 saturated heterocycles. The van der Waals surface area contributed by atoms with Crippen molar-refractivity contribution >= 4 is 16.9 Å². The Morgan fingerprint density at radius 2 is 2.10 bits per heavy atom. The summed E-state index contributed by atoms with van der Waals surface area (Å²) < 4.78 is 1.88. The number of fused-ring (bicyclic) bond motifs is 1. The number of aromatic nitrogens is 6. The first-order valence-corrected chi connectivity index (χ1v) is 7.33. The minimum Gasteiger partial charge on any atom is -0.259 e. The molecule has 4 aromatic heterocycles. The summed E-state index contributed by atoms with van der Waals surface area (Å²) in [6, 6.07) is 6.04. The molecule has 4 heterocycles. The first-order chi connectivity index (χ1) is 10.2. The molecule has 0 aliphatic heterocycles. The van der Waals surface area contributed by atoms with E-state index in [0.29, 0.717) is 0 Å². The van der Waals surface area contributed by atoms with E-state index in [1.807, 2.05) is 36.7 Å². The third kappa shape index (κ3) is 1.85. The highest BCUT2D eigenvalue weighted by Gasteiger charge is 2.18. The molecule has 6 nitrogen and oxygen atoms in total. The van der Waals surface area contributed by atoms with Gasteiger partial charge in [-0.3, -0.25) is 5.10 Å². The van der Waals surface area contributed by atoms with Crippen LogP contribution in [0, 0.1) is 13.8 Å². The number of aromatic amines is 1. The van der Waals surface area contributed by atoms with E-state index >= 15 is 0 Å². The predicted octanol–water partition coefficient (Wildman–Crippen LogP) is 2.86. The van der Waals surface area contributed by atoms with Crippen LogP contribution in [0.2, 0.25) is 0 Å². The molecule has 0 aliphatic rings. The zero-order chi connectivity index (χ0) is 14.4. The number of rotatable bonds is 2. The van der Waals surface area contributed by atoms with Crippen molar-refractivity contribution in [3.8, 4) is 21.3 Å². The summed E-state index contributed by atoms with van der Waals surface area (Å²) in [5.41, 5.74) is 4.06. The van der Waals surface area contributed by atoms with E-state index < -0.39 is 0 Å². The van der Waals surface area contributed by atoms with Crippen LogP contribution in [0.25, 0.3) is 26.8 Å². The van der Waals surface area contributed by atoms with Gasteiger partial charge < -0.3 is 0 Å². The number of nitrogens with zero attached hydrogens (tertiary/aromatic N) is 5. The maximum atomic E-state index is 4.70. The second-order valence-electron chi connectivity index (χ2n) is 4.76. The summed E-state index contributed by atoms with van der Waals surface area (Å²) in [6.07, 6.45) is 3.46. The summed E-state index contributed by atoms with van der Waals surface area (Å²) in [4.78, 5) is 9.92. The van der Waals surface area contributed by atoms with E-state index in [1.165, 1.54) is 6.33 Å². The summed E-state index contributed by atoms with van der Waals surface area (Å²) in [5, 5.41) is 12.3. The van der Waals surface area contributed by atoms with Gasteiger partial charge >= 0.3 is 0 Å². The number of H-pyrrole nitrogens is 1. The molecule has 1 N–H and O–H groups in total. The van der Waals surface area contributed by atoms with Crippen molar-refractivity contribution in [2.45, 2.75) is 13.8 Å². The quantitative estimate of drug-likeness (QED) is 0.617. The topological polar surface area (TPSA) is 71.8 Å². The largest absolute Gasteiger partial charge is 0.259 e. The summed E-state index contributed by atoms with van der Waals surface area (Å²) in [5.74, 6) is 0.755. The first-order valence-electron chi connectivity index (χ1n) is 6.51. The molecule has 0 atom stereocenters. The number of hydrogen-bond acceptors (Lipinski definition) is 5. The van der Waals surface area contributed by atoms with Crippen molar-refractivity contribution in [2.75, 3.05) is 0 Å². The molecule has 21 heavy (non-hydrogen) atoms. The average Bonchev–Trinajstić information content (AvgIpc) is 3.16. The Bertz CT molecular complexity index is 918. The lowest BCUT2D eigenvalue weighted by molar-refractivity contribution is 0.934. The Hall–Kier alpha value is -2.54. The molecule has 0 radical (unpaired) electrons. The fourth-order valence-electron chi connectivity index (χ4n) is 2.42. The molecule has 4 aromatic rings. The van der Waals surface area contributed by atoms with Gasteiger partial charge in [0.25, 0.3) is 0 Å². The highest BCUT2D eigenvalue weighted by molar-refractivity contribution is 7.18. The Morgan fingerprint density at radius 3 is 2.90 bits per heavy atom. The van der Waals surface area contributed by atoms with Crippen molar-refractivity contribution in [2.24, 2.45) is 0 Å². The lowest BCUT2D eigenvalue weighted by Gasteiger charge is -1.94. The molecule has 0 unspecified atom stereocenters. The summed E-state index contributed by atoms with van der Waals surface area (Å²) in [7, 11) is 0. The number of pyridine rings is 1.